The first-order valence-electron chi connectivity index (χ1n) is 9.03. The summed E-state index contributed by atoms with van der Waals surface area (Å²) in [6, 6.07) is 13.5. The largest absolute Gasteiger partial charge is 0.497 e. The van der Waals surface area contributed by atoms with Gasteiger partial charge in [-0.15, -0.1) is 0 Å². The molecule has 0 fully saturated rings. The standard InChI is InChI=1S/C22H23FN2O3/c1-14(2)13-25-21(26)12-18(16-7-10-20(28-4)19(23)11-16)22(24-25)15-5-8-17(27-3)9-6-15/h5-12,14H,13H2,1-4H3. The Labute approximate surface area is 163 Å². The van der Waals surface area contributed by atoms with Crippen LogP contribution in [0.25, 0.3) is 22.4 Å². The molecule has 3 aromatic rings. The van der Waals surface area contributed by atoms with Gasteiger partial charge < -0.3 is 9.47 Å². The maximum Gasteiger partial charge on any atom is 0.267 e. The summed E-state index contributed by atoms with van der Waals surface area (Å²) < 4.78 is 25.9. The summed E-state index contributed by atoms with van der Waals surface area (Å²) in [5, 5.41) is 4.60. The molecule has 0 bridgehead atoms. The van der Waals surface area contributed by atoms with Crippen molar-refractivity contribution in [3.05, 3.63) is 64.7 Å². The number of nitrogens with zero attached hydrogens (tertiary/aromatic N) is 2. The van der Waals surface area contributed by atoms with Crippen molar-refractivity contribution >= 4 is 0 Å². The zero-order valence-electron chi connectivity index (χ0n) is 16.4. The van der Waals surface area contributed by atoms with Crippen LogP contribution in [0, 0.1) is 11.7 Å². The first-order chi connectivity index (χ1) is 13.4. The Morgan fingerprint density at radius 2 is 1.68 bits per heavy atom. The molecule has 146 valence electrons. The molecule has 28 heavy (non-hydrogen) atoms. The van der Waals surface area contributed by atoms with Crippen molar-refractivity contribution in [2.75, 3.05) is 14.2 Å². The SMILES string of the molecule is COc1ccc(-c2nn(CC(C)C)c(=O)cc2-c2ccc(OC)c(F)c2)cc1. The molecule has 3 rings (SSSR count). The Morgan fingerprint density at radius 1 is 1.00 bits per heavy atom. The molecule has 0 aliphatic rings. The normalized spacial score (nSPS) is 10.9. The second kappa shape index (κ2) is 8.25. The van der Waals surface area contributed by atoms with Gasteiger partial charge in [-0.05, 0) is 47.9 Å². The number of benzene rings is 2. The Hall–Kier alpha value is -3.15. The summed E-state index contributed by atoms with van der Waals surface area (Å²) in [5.41, 5.74) is 2.32. The molecule has 0 aliphatic carbocycles. The third-order valence-electron chi connectivity index (χ3n) is 4.36. The summed E-state index contributed by atoms with van der Waals surface area (Å²) in [5.74, 6) is 0.636. The van der Waals surface area contributed by atoms with Gasteiger partial charge >= 0.3 is 0 Å². The predicted molar refractivity (Wildman–Crippen MR) is 107 cm³/mol. The first-order valence-corrected chi connectivity index (χ1v) is 9.03. The van der Waals surface area contributed by atoms with E-state index in [2.05, 4.69) is 5.10 Å². The van der Waals surface area contributed by atoms with Gasteiger partial charge in [-0.2, -0.15) is 5.10 Å². The zero-order valence-corrected chi connectivity index (χ0v) is 16.4. The quantitative estimate of drug-likeness (QED) is 0.634. The van der Waals surface area contributed by atoms with E-state index in [-0.39, 0.29) is 17.2 Å². The molecule has 0 unspecified atom stereocenters. The molecule has 0 saturated heterocycles. The van der Waals surface area contributed by atoms with Crippen LogP contribution in [0.5, 0.6) is 11.5 Å². The van der Waals surface area contributed by atoms with Crippen LogP contribution in [0.4, 0.5) is 4.39 Å². The molecule has 0 amide bonds. The van der Waals surface area contributed by atoms with Crippen LogP contribution in [0.1, 0.15) is 13.8 Å². The van der Waals surface area contributed by atoms with Crippen molar-refractivity contribution in [1.82, 2.24) is 9.78 Å². The van der Waals surface area contributed by atoms with E-state index in [1.807, 2.05) is 38.1 Å². The van der Waals surface area contributed by atoms with Gasteiger partial charge in [-0.25, -0.2) is 9.07 Å². The summed E-state index contributed by atoms with van der Waals surface area (Å²) in [6.45, 7) is 4.54. The highest BCUT2D eigenvalue weighted by atomic mass is 19.1. The first kappa shape index (κ1) is 19.6. The summed E-state index contributed by atoms with van der Waals surface area (Å²) in [4.78, 5) is 12.6. The lowest BCUT2D eigenvalue weighted by molar-refractivity contribution is 0.386. The van der Waals surface area contributed by atoms with E-state index in [0.29, 0.717) is 23.4 Å². The summed E-state index contributed by atoms with van der Waals surface area (Å²) in [6.07, 6.45) is 0. The van der Waals surface area contributed by atoms with Crippen LogP contribution in [0.3, 0.4) is 0 Å². The van der Waals surface area contributed by atoms with Gasteiger partial charge in [0.25, 0.3) is 5.56 Å². The summed E-state index contributed by atoms with van der Waals surface area (Å²) >= 11 is 0. The Balaban J connectivity index is 2.20. The second-order valence-electron chi connectivity index (χ2n) is 6.90. The molecular formula is C22H23FN2O3. The minimum atomic E-state index is -0.493. The van der Waals surface area contributed by atoms with Crippen molar-refractivity contribution in [2.24, 2.45) is 5.92 Å². The van der Waals surface area contributed by atoms with Crippen molar-refractivity contribution in [2.45, 2.75) is 20.4 Å². The Kier molecular flexibility index (Phi) is 5.78. The maximum atomic E-state index is 14.3. The third-order valence-corrected chi connectivity index (χ3v) is 4.36. The molecule has 0 saturated carbocycles. The predicted octanol–water partition coefficient (Wildman–Crippen LogP) is 4.39. The number of aromatic nitrogens is 2. The summed E-state index contributed by atoms with van der Waals surface area (Å²) in [7, 11) is 3.01. The molecule has 0 atom stereocenters. The fourth-order valence-electron chi connectivity index (χ4n) is 2.98. The lowest BCUT2D eigenvalue weighted by Crippen LogP contribution is -2.25. The molecule has 0 spiro atoms. The molecule has 0 radical (unpaired) electrons. The smallest absolute Gasteiger partial charge is 0.267 e. The Morgan fingerprint density at radius 3 is 2.25 bits per heavy atom. The number of hydrogen-bond donors (Lipinski definition) is 0. The molecule has 1 heterocycles. The maximum absolute atomic E-state index is 14.3. The minimum Gasteiger partial charge on any atom is -0.497 e. The van der Waals surface area contributed by atoms with Crippen molar-refractivity contribution in [3.63, 3.8) is 0 Å². The minimum absolute atomic E-state index is 0.149. The van der Waals surface area contributed by atoms with Gasteiger partial charge in [0, 0.05) is 23.7 Å². The highest BCUT2D eigenvalue weighted by Crippen LogP contribution is 2.32. The van der Waals surface area contributed by atoms with Gasteiger partial charge in [0.2, 0.25) is 0 Å². The van der Waals surface area contributed by atoms with E-state index in [1.165, 1.54) is 23.9 Å². The molecule has 5 nitrogen and oxygen atoms in total. The zero-order chi connectivity index (χ0) is 20.3. The monoisotopic (exact) mass is 382 g/mol. The highest BCUT2D eigenvalue weighted by molar-refractivity contribution is 5.80. The molecule has 2 aromatic carbocycles. The molecule has 0 N–H and O–H groups in total. The lowest BCUT2D eigenvalue weighted by Gasteiger charge is -2.14. The van der Waals surface area contributed by atoms with E-state index in [0.717, 1.165) is 11.3 Å². The van der Waals surface area contributed by atoms with Gasteiger partial charge in [-0.1, -0.05) is 19.9 Å². The fourth-order valence-corrected chi connectivity index (χ4v) is 2.98. The van der Waals surface area contributed by atoms with Gasteiger partial charge in [0.05, 0.1) is 19.9 Å². The van der Waals surface area contributed by atoms with Gasteiger partial charge in [0.1, 0.15) is 5.75 Å². The van der Waals surface area contributed by atoms with E-state index in [4.69, 9.17) is 9.47 Å². The van der Waals surface area contributed by atoms with Crippen LogP contribution >= 0.6 is 0 Å². The topological polar surface area (TPSA) is 53.4 Å². The van der Waals surface area contributed by atoms with Crippen LogP contribution in [-0.4, -0.2) is 24.0 Å². The van der Waals surface area contributed by atoms with E-state index < -0.39 is 5.82 Å². The van der Waals surface area contributed by atoms with Crippen molar-refractivity contribution < 1.29 is 13.9 Å². The number of methoxy groups -OCH3 is 2. The molecule has 1 aromatic heterocycles. The average molecular weight is 382 g/mol. The molecule has 0 aliphatic heterocycles. The van der Waals surface area contributed by atoms with Crippen LogP contribution < -0.4 is 15.0 Å². The van der Waals surface area contributed by atoms with Gasteiger partial charge in [0.15, 0.2) is 11.6 Å². The van der Waals surface area contributed by atoms with Crippen LogP contribution in [0.15, 0.2) is 53.3 Å². The number of ether oxygens (including phenoxy) is 2. The molecular weight excluding hydrogens is 359 g/mol. The highest BCUT2D eigenvalue weighted by Gasteiger charge is 2.15. The van der Waals surface area contributed by atoms with Crippen molar-refractivity contribution in [3.8, 4) is 33.9 Å². The number of halogens is 1. The Bertz CT molecular complexity index is 1030. The van der Waals surface area contributed by atoms with Crippen LogP contribution in [0.2, 0.25) is 0 Å². The van der Waals surface area contributed by atoms with E-state index >= 15 is 0 Å². The van der Waals surface area contributed by atoms with Gasteiger partial charge in [-0.3, -0.25) is 4.79 Å². The second-order valence-corrected chi connectivity index (χ2v) is 6.90. The molecule has 6 heteroatoms. The number of rotatable bonds is 6. The number of hydrogen-bond acceptors (Lipinski definition) is 4. The van der Waals surface area contributed by atoms with Crippen LogP contribution in [-0.2, 0) is 6.54 Å². The third kappa shape index (κ3) is 4.06. The van der Waals surface area contributed by atoms with E-state index in [1.54, 1.807) is 19.2 Å². The average Bonchev–Trinajstić information content (AvgIpc) is 2.69. The van der Waals surface area contributed by atoms with E-state index in [9.17, 15) is 9.18 Å². The fraction of sp³-hybridized carbons (Fsp3) is 0.273. The van der Waals surface area contributed by atoms with Crippen molar-refractivity contribution in [1.29, 1.82) is 0 Å². The lowest BCUT2D eigenvalue weighted by atomic mass is 9.99.